The summed E-state index contributed by atoms with van der Waals surface area (Å²) in [5, 5.41) is 0. The zero-order chi connectivity index (χ0) is 10.1. The average Bonchev–Trinajstić information content (AvgIpc) is 2.81. The molecule has 2 saturated heterocycles. The number of hydrogen-bond acceptors (Lipinski definition) is 6. The van der Waals surface area contributed by atoms with E-state index in [0.717, 1.165) is 0 Å². The molecule has 2 rings (SSSR count). The predicted molar refractivity (Wildman–Crippen MR) is 45.2 cm³/mol. The summed E-state index contributed by atoms with van der Waals surface area (Å²) >= 11 is 0. The Morgan fingerprint density at radius 1 is 1.29 bits per heavy atom. The molecule has 0 aromatic carbocycles. The second-order valence-electron chi connectivity index (χ2n) is 3.39. The van der Waals surface area contributed by atoms with Gasteiger partial charge in [-0.3, -0.25) is 14.5 Å². The fourth-order valence-electron chi connectivity index (χ4n) is 1.22. The monoisotopic (exact) mass is 199 g/mol. The van der Waals surface area contributed by atoms with Crippen molar-refractivity contribution >= 4 is 19.1 Å². The summed E-state index contributed by atoms with van der Waals surface area (Å²) < 4.78 is 14.7. The molecule has 2 aliphatic heterocycles. The molecule has 0 saturated carbocycles. The molecule has 0 aliphatic carbocycles. The molecule has 0 radical (unpaired) electrons. The highest BCUT2D eigenvalue weighted by Crippen LogP contribution is 2.16. The Hall–Kier alpha value is -1.08. The van der Waals surface area contributed by atoms with E-state index < -0.39 is 19.1 Å². The summed E-state index contributed by atoms with van der Waals surface area (Å²) in [5.74, 6) is -0.805. The Balaban J connectivity index is 1.99. The number of hydrogen-bond donors (Lipinski definition) is 0. The Bertz CT molecular complexity index is 247. The normalized spacial score (nSPS) is 28.9. The van der Waals surface area contributed by atoms with Crippen LogP contribution in [0, 0.1) is 0 Å². The summed E-state index contributed by atoms with van der Waals surface area (Å²) in [7, 11) is 0.792. The molecule has 0 N–H and O–H groups in total. The van der Waals surface area contributed by atoms with Gasteiger partial charge in [0.25, 0.3) is 0 Å². The number of carbonyl (C=O) groups excluding carboxylic acids is 2. The van der Waals surface area contributed by atoms with Crippen LogP contribution in [-0.4, -0.2) is 56.7 Å². The molecule has 76 valence electrons. The highest BCUT2D eigenvalue weighted by Gasteiger charge is 2.47. The van der Waals surface area contributed by atoms with Crippen molar-refractivity contribution in [3.8, 4) is 0 Å². The SMILES string of the molecule is CN1CC(=O)OB([C@H]2CO2)OC(=O)C1. The maximum Gasteiger partial charge on any atom is 0.632 e. The van der Waals surface area contributed by atoms with Gasteiger partial charge in [-0.25, -0.2) is 0 Å². The lowest BCUT2D eigenvalue weighted by molar-refractivity contribution is -0.145. The van der Waals surface area contributed by atoms with Crippen molar-refractivity contribution in [2.45, 2.75) is 6.00 Å². The van der Waals surface area contributed by atoms with Gasteiger partial charge in [0.2, 0.25) is 0 Å². The van der Waals surface area contributed by atoms with E-state index >= 15 is 0 Å². The van der Waals surface area contributed by atoms with Gasteiger partial charge in [0.05, 0.1) is 19.7 Å². The first-order valence-corrected chi connectivity index (χ1v) is 4.34. The molecule has 0 spiro atoms. The molecule has 2 fully saturated rings. The minimum Gasteiger partial charge on any atom is -0.497 e. The third-order valence-corrected chi connectivity index (χ3v) is 1.96. The van der Waals surface area contributed by atoms with Gasteiger partial charge in [0.15, 0.2) is 0 Å². The lowest BCUT2D eigenvalue weighted by atomic mass is 9.84. The van der Waals surface area contributed by atoms with Gasteiger partial charge in [0.1, 0.15) is 6.00 Å². The number of rotatable bonds is 1. The van der Waals surface area contributed by atoms with Gasteiger partial charge >= 0.3 is 19.1 Å². The Morgan fingerprint density at radius 2 is 1.79 bits per heavy atom. The van der Waals surface area contributed by atoms with Crippen LogP contribution in [0.2, 0.25) is 0 Å². The van der Waals surface area contributed by atoms with Crippen molar-refractivity contribution in [1.82, 2.24) is 4.90 Å². The summed E-state index contributed by atoms with van der Waals surface area (Å²) in [6, 6.07) is -0.272. The van der Waals surface area contributed by atoms with Crippen LogP contribution in [0.1, 0.15) is 0 Å². The summed E-state index contributed by atoms with van der Waals surface area (Å²) in [4.78, 5) is 23.9. The van der Waals surface area contributed by atoms with E-state index in [4.69, 9.17) is 14.0 Å². The fourth-order valence-corrected chi connectivity index (χ4v) is 1.22. The molecule has 2 heterocycles. The van der Waals surface area contributed by atoms with Gasteiger partial charge in [-0.1, -0.05) is 0 Å². The Morgan fingerprint density at radius 3 is 2.21 bits per heavy atom. The van der Waals surface area contributed by atoms with Crippen LogP contribution in [0.4, 0.5) is 0 Å². The fraction of sp³-hybridized carbons (Fsp3) is 0.714. The number of epoxide rings is 1. The highest BCUT2D eigenvalue weighted by molar-refractivity contribution is 6.51. The molecule has 1 atom stereocenters. The van der Waals surface area contributed by atoms with Crippen LogP contribution < -0.4 is 0 Å². The van der Waals surface area contributed by atoms with Crippen molar-refractivity contribution < 1.29 is 23.6 Å². The van der Waals surface area contributed by atoms with Crippen LogP contribution >= 0.6 is 0 Å². The molecule has 14 heavy (non-hydrogen) atoms. The molecule has 0 unspecified atom stereocenters. The molecular formula is C7H10BNO5. The molecule has 7 heteroatoms. The van der Waals surface area contributed by atoms with E-state index in [1.165, 1.54) is 4.90 Å². The zero-order valence-corrected chi connectivity index (χ0v) is 7.76. The van der Waals surface area contributed by atoms with Crippen molar-refractivity contribution in [2.24, 2.45) is 0 Å². The van der Waals surface area contributed by atoms with Gasteiger partial charge in [-0.2, -0.15) is 0 Å². The average molecular weight is 199 g/mol. The highest BCUT2D eigenvalue weighted by atomic mass is 16.7. The molecule has 2 aliphatic rings. The standard InChI is InChI=1S/C7H10BNO5/c1-9-2-6(10)13-8(5-4-12-5)14-7(11)3-9/h5H,2-4H2,1H3/t5-/m1/s1. The molecule has 0 aromatic heterocycles. The molecule has 6 nitrogen and oxygen atoms in total. The second-order valence-corrected chi connectivity index (χ2v) is 3.39. The molecule has 0 amide bonds. The van der Waals surface area contributed by atoms with Gasteiger partial charge < -0.3 is 14.0 Å². The van der Waals surface area contributed by atoms with Gasteiger partial charge in [0, 0.05) is 0 Å². The quantitative estimate of drug-likeness (QED) is 0.376. The number of nitrogens with zero attached hydrogens (tertiary/aromatic N) is 1. The summed E-state index contributed by atoms with van der Waals surface area (Å²) in [5.41, 5.74) is 0. The molecule has 0 bridgehead atoms. The maximum absolute atomic E-state index is 11.2. The second kappa shape index (κ2) is 3.59. The Labute approximate surface area is 81.2 Å². The summed E-state index contributed by atoms with van der Waals surface area (Å²) in [6.07, 6.45) is 0. The number of ether oxygens (including phenoxy) is 1. The van der Waals surface area contributed by atoms with Crippen molar-refractivity contribution in [3.05, 3.63) is 0 Å². The van der Waals surface area contributed by atoms with Gasteiger partial charge in [-0.05, 0) is 7.05 Å². The number of likely N-dealkylation sites (N-methyl/N-ethyl adjacent to an activating group) is 1. The first kappa shape index (κ1) is 9.48. The number of carbonyl (C=O) groups is 2. The minimum atomic E-state index is -0.858. The minimum absolute atomic E-state index is 0.0956. The van der Waals surface area contributed by atoms with Crippen LogP contribution in [0.25, 0.3) is 0 Å². The van der Waals surface area contributed by atoms with Crippen LogP contribution in [0.5, 0.6) is 0 Å². The van der Waals surface area contributed by atoms with E-state index in [9.17, 15) is 9.59 Å². The largest absolute Gasteiger partial charge is 0.632 e. The van der Waals surface area contributed by atoms with Crippen molar-refractivity contribution in [3.63, 3.8) is 0 Å². The predicted octanol–water partition coefficient (Wildman–Crippen LogP) is -1.56. The van der Waals surface area contributed by atoms with Crippen LogP contribution in [0.3, 0.4) is 0 Å². The lowest BCUT2D eigenvalue weighted by Gasteiger charge is -2.21. The summed E-state index contributed by atoms with van der Waals surface area (Å²) in [6.45, 7) is 0.664. The van der Waals surface area contributed by atoms with Crippen molar-refractivity contribution in [2.75, 3.05) is 26.7 Å². The third kappa shape index (κ3) is 2.24. The van der Waals surface area contributed by atoms with E-state index in [2.05, 4.69) is 0 Å². The third-order valence-electron chi connectivity index (χ3n) is 1.96. The maximum atomic E-state index is 11.2. The van der Waals surface area contributed by atoms with E-state index in [0.29, 0.717) is 6.61 Å². The zero-order valence-electron chi connectivity index (χ0n) is 7.76. The van der Waals surface area contributed by atoms with Crippen LogP contribution in [0.15, 0.2) is 0 Å². The molecular weight excluding hydrogens is 189 g/mol. The first-order chi connectivity index (χ1) is 6.65. The Kier molecular flexibility index (Phi) is 2.43. The van der Waals surface area contributed by atoms with E-state index in [-0.39, 0.29) is 19.1 Å². The van der Waals surface area contributed by atoms with Crippen LogP contribution in [-0.2, 0) is 23.6 Å². The van der Waals surface area contributed by atoms with E-state index in [1.54, 1.807) is 7.05 Å². The first-order valence-electron chi connectivity index (χ1n) is 4.34. The molecule has 0 aromatic rings. The van der Waals surface area contributed by atoms with E-state index in [1.807, 2.05) is 0 Å². The smallest absolute Gasteiger partial charge is 0.497 e. The topological polar surface area (TPSA) is 68.4 Å². The van der Waals surface area contributed by atoms with Gasteiger partial charge in [-0.15, -0.1) is 0 Å². The lowest BCUT2D eigenvalue weighted by Crippen LogP contribution is -2.44. The van der Waals surface area contributed by atoms with Crippen molar-refractivity contribution in [1.29, 1.82) is 0 Å².